The van der Waals surface area contributed by atoms with Crippen LogP contribution in [0.25, 0.3) is 11.3 Å². The van der Waals surface area contributed by atoms with Crippen LogP contribution < -0.4 is 5.32 Å². The van der Waals surface area contributed by atoms with Crippen molar-refractivity contribution in [2.75, 3.05) is 0 Å². The van der Waals surface area contributed by atoms with Crippen molar-refractivity contribution >= 4 is 5.91 Å². The second-order valence-corrected chi connectivity index (χ2v) is 5.16. The van der Waals surface area contributed by atoms with Crippen molar-refractivity contribution in [2.45, 2.75) is 13.0 Å². The largest absolute Gasteiger partial charge is 0.464 e. The normalized spacial score (nSPS) is 11.9. The van der Waals surface area contributed by atoms with Gasteiger partial charge in [0.05, 0.1) is 12.3 Å². The molecule has 3 heteroatoms. The van der Waals surface area contributed by atoms with Gasteiger partial charge in [0.25, 0.3) is 5.91 Å². The Kier molecular flexibility index (Phi) is 4.05. The molecule has 1 N–H and O–H groups in total. The highest BCUT2D eigenvalue weighted by Crippen LogP contribution is 2.20. The van der Waals surface area contributed by atoms with Crippen molar-refractivity contribution in [1.82, 2.24) is 5.32 Å². The van der Waals surface area contributed by atoms with E-state index in [1.54, 1.807) is 6.26 Å². The van der Waals surface area contributed by atoms with Crippen molar-refractivity contribution in [1.29, 1.82) is 0 Å². The first-order chi connectivity index (χ1) is 10.7. The van der Waals surface area contributed by atoms with Gasteiger partial charge in [-0.2, -0.15) is 0 Å². The third-order valence-electron chi connectivity index (χ3n) is 3.60. The molecule has 3 rings (SSSR count). The van der Waals surface area contributed by atoms with Gasteiger partial charge >= 0.3 is 0 Å². The third-order valence-corrected chi connectivity index (χ3v) is 3.60. The number of amides is 1. The topological polar surface area (TPSA) is 42.2 Å². The molecule has 0 saturated carbocycles. The molecule has 0 aliphatic heterocycles. The lowest BCUT2D eigenvalue weighted by Gasteiger charge is -2.14. The summed E-state index contributed by atoms with van der Waals surface area (Å²) in [6.45, 7) is 1.98. The molecule has 0 unspecified atom stereocenters. The first kappa shape index (κ1) is 14.1. The molecule has 22 heavy (non-hydrogen) atoms. The minimum Gasteiger partial charge on any atom is -0.464 e. The number of carbonyl (C=O) groups excluding carboxylic acids is 1. The monoisotopic (exact) mass is 291 g/mol. The molecule has 1 atom stereocenters. The Hall–Kier alpha value is -2.81. The fourth-order valence-electron chi connectivity index (χ4n) is 2.33. The first-order valence-electron chi connectivity index (χ1n) is 7.24. The SMILES string of the molecule is C[C@@H](NC(=O)c1ccc(-c2ccco2)cc1)c1ccccc1. The summed E-state index contributed by atoms with van der Waals surface area (Å²) in [6.07, 6.45) is 1.64. The van der Waals surface area contributed by atoms with Crippen molar-refractivity contribution in [3.05, 3.63) is 84.1 Å². The summed E-state index contributed by atoms with van der Waals surface area (Å²) in [7, 11) is 0. The average molecular weight is 291 g/mol. The summed E-state index contributed by atoms with van der Waals surface area (Å²) in [4.78, 5) is 12.3. The van der Waals surface area contributed by atoms with Crippen LogP contribution in [0.5, 0.6) is 0 Å². The van der Waals surface area contributed by atoms with Gasteiger partial charge in [0, 0.05) is 11.1 Å². The lowest BCUT2D eigenvalue weighted by atomic mass is 10.1. The van der Waals surface area contributed by atoms with Crippen LogP contribution in [-0.2, 0) is 0 Å². The van der Waals surface area contributed by atoms with Crippen LogP contribution in [0.3, 0.4) is 0 Å². The number of benzene rings is 2. The molecule has 3 aromatic rings. The van der Waals surface area contributed by atoms with Gasteiger partial charge < -0.3 is 9.73 Å². The van der Waals surface area contributed by atoms with Gasteiger partial charge in [0.2, 0.25) is 0 Å². The molecule has 0 aliphatic carbocycles. The van der Waals surface area contributed by atoms with Gasteiger partial charge in [-0.25, -0.2) is 0 Å². The van der Waals surface area contributed by atoms with Crippen molar-refractivity contribution in [3.8, 4) is 11.3 Å². The minimum atomic E-state index is -0.0812. The lowest BCUT2D eigenvalue weighted by Crippen LogP contribution is -2.26. The highest BCUT2D eigenvalue weighted by Gasteiger charge is 2.11. The number of furan rings is 1. The standard InChI is InChI=1S/C19H17NO2/c1-14(15-6-3-2-4-7-15)20-19(21)17-11-9-16(10-12-17)18-8-5-13-22-18/h2-14H,1H3,(H,20,21)/t14-/m1/s1. The van der Waals surface area contributed by atoms with E-state index in [1.165, 1.54) is 0 Å². The van der Waals surface area contributed by atoms with Gasteiger partial charge in [0.15, 0.2) is 0 Å². The van der Waals surface area contributed by atoms with E-state index >= 15 is 0 Å². The van der Waals surface area contributed by atoms with E-state index in [0.29, 0.717) is 5.56 Å². The molecule has 0 aliphatic rings. The van der Waals surface area contributed by atoms with E-state index in [2.05, 4.69) is 5.32 Å². The molecule has 0 bridgehead atoms. The summed E-state index contributed by atoms with van der Waals surface area (Å²) in [5.41, 5.74) is 2.68. The Bertz CT molecular complexity index is 731. The molecule has 1 heterocycles. The molecule has 110 valence electrons. The van der Waals surface area contributed by atoms with E-state index in [4.69, 9.17) is 4.42 Å². The van der Waals surface area contributed by atoms with Gasteiger partial charge in [-0.3, -0.25) is 4.79 Å². The number of rotatable bonds is 4. The van der Waals surface area contributed by atoms with Crippen LogP contribution in [0, 0.1) is 0 Å². The Morgan fingerprint density at radius 1 is 0.955 bits per heavy atom. The van der Waals surface area contributed by atoms with Crippen molar-refractivity contribution in [2.24, 2.45) is 0 Å². The maximum atomic E-state index is 12.3. The van der Waals surface area contributed by atoms with Gasteiger partial charge in [-0.05, 0) is 36.8 Å². The molecular formula is C19H17NO2. The van der Waals surface area contributed by atoms with Crippen LogP contribution in [-0.4, -0.2) is 5.91 Å². The highest BCUT2D eigenvalue weighted by molar-refractivity contribution is 5.94. The number of nitrogens with one attached hydrogen (secondary N) is 1. The zero-order valence-electron chi connectivity index (χ0n) is 12.3. The minimum absolute atomic E-state index is 0.0292. The van der Waals surface area contributed by atoms with Crippen LogP contribution in [0.15, 0.2) is 77.4 Å². The molecular weight excluding hydrogens is 274 g/mol. The molecule has 3 nitrogen and oxygen atoms in total. The second kappa shape index (κ2) is 6.31. The van der Waals surface area contributed by atoms with Gasteiger partial charge in [-0.15, -0.1) is 0 Å². The Labute approximate surface area is 129 Å². The van der Waals surface area contributed by atoms with E-state index in [-0.39, 0.29) is 11.9 Å². The Morgan fingerprint density at radius 2 is 1.68 bits per heavy atom. The summed E-state index contributed by atoms with van der Waals surface area (Å²) >= 11 is 0. The quantitative estimate of drug-likeness (QED) is 0.772. The fraction of sp³-hybridized carbons (Fsp3) is 0.105. The average Bonchev–Trinajstić information content (AvgIpc) is 3.10. The molecule has 2 aromatic carbocycles. The van der Waals surface area contributed by atoms with E-state index in [1.807, 2.05) is 73.7 Å². The van der Waals surface area contributed by atoms with Crippen LogP contribution in [0.1, 0.15) is 28.9 Å². The summed E-state index contributed by atoms with van der Waals surface area (Å²) < 4.78 is 5.34. The predicted octanol–water partition coefficient (Wildman–Crippen LogP) is 4.44. The van der Waals surface area contributed by atoms with E-state index in [0.717, 1.165) is 16.9 Å². The van der Waals surface area contributed by atoms with E-state index in [9.17, 15) is 4.79 Å². The van der Waals surface area contributed by atoms with Crippen LogP contribution >= 0.6 is 0 Å². The Morgan fingerprint density at radius 3 is 2.32 bits per heavy atom. The van der Waals surface area contributed by atoms with Crippen LogP contribution in [0.4, 0.5) is 0 Å². The molecule has 1 aromatic heterocycles. The molecule has 0 radical (unpaired) electrons. The summed E-state index contributed by atoms with van der Waals surface area (Å²) in [5, 5.41) is 3.00. The molecule has 0 fully saturated rings. The summed E-state index contributed by atoms with van der Waals surface area (Å²) in [5.74, 6) is 0.715. The first-order valence-corrected chi connectivity index (χ1v) is 7.24. The van der Waals surface area contributed by atoms with Gasteiger partial charge in [0.1, 0.15) is 5.76 Å². The smallest absolute Gasteiger partial charge is 0.251 e. The highest BCUT2D eigenvalue weighted by atomic mass is 16.3. The maximum Gasteiger partial charge on any atom is 0.251 e. The number of hydrogen-bond donors (Lipinski definition) is 1. The van der Waals surface area contributed by atoms with Gasteiger partial charge in [-0.1, -0.05) is 42.5 Å². The summed E-state index contributed by atoms with van der Waals surface area (Å²) in [6, 6.07) is 21.0. The van der Waals surface area contributed by atoms with Crippen molar-refractivity contribution in [3.63, 3.8) is 0 Å². The molecule has 0 saturated heterocycles. The second-order valence-electron chi connectivity index (χ2n) is 5.16. The maximum absolute atomic E-state index is 12.3. The molecule has 0 spiro atoms. The molecule has 1 amide bonds. The fourth-order valence-corrected chi connectivity index (χ4v) is 2.33. The number of carbonyl (C=O) groups is 1. The van der Waals surface area contributed by atoms with Crippen LogP contribution in [0.2, 0.25) is 0 Å². The van der Waals surface area contributed by atoms with E-state index < -0.39 is 0 Å². The van der Waals surface area contributed by atoms with Crippen molar-refractivity contribution < 1.29 is 9.21 Å². The number of hydrogen-bond acceptors (Lipinski definition) is 2. The zero-order chi connectivity index (χ0) is 15.4. The predicted molar refractivity (Wildman–Crippen MR) is 86.5 cm³/mol. The third kappa shape index (κ3) is 3.09. The lowest BCUT2D eigenvalue weighted by molar-refractivity contribution is 0.0940. The Balaban J connectivity index is 1.70. The zero-order valence-corrected chi connectivity index (χ0v) is 12.3.